The van der Waals surface area contributed by atoms with Gasteiger partial charge in [-0.15, -0.1) is 0 Å². The zero-order chi connectivity index (χ0) is 18.2. The third-order valence-electron chi connectivity index (χ3n) is 4.40. The fourth-order valence-electron chi connectivity index (χ4n) is 3.00. The van der Waals surface area contributed by atoms with Gasteiger partial charge >= 0.3 is 0 Å². The molecule has 1 amide bonds. The van der Waals surface area contributed by atoms with Crippen molar-refractivity contribution >= 4 is 11.9 Å². The number of carbonyl (C=O) groups is 1. The number of rotatable bonds is 7. The van der Waals surface area contributed by atoms with Crippen LogP contribution in [-0.4, -0.2) is 27.4 Å². The van der Waals surface area contributed by atoms with Gasteiger partial charge in [-0.2, -0.15) is 0 Å². The quantitative estimate of drug-likeness (QED) is 0.747. The van der Waals surface area contributed by atoms with Crippen LogP contribution in [0.4, 0.5) is 5.95 Å². The smallest absolute Gasteiger partial charge is 0.270 e. The van der Waals surface area contributed by atoms with Crippen LogP contribution in [-0.2, 0) is 6.54 Å². The molecule has 0 radical (unpaired) electrons. The summed E-state index contributed by atoms with van der Waals surface area (Å²) in [7, 11) is 0. The van der Waals surface area contributed by atoms with E-state index >= 15 is 0 Å². The Bertz CT molecular complexity index is 773. The Kier molecular flexibility index (Phi) is 6.30. The molecule has 2 N–H and O–H groups in total. The molecule has 0 unspecified atom stereocenters. The second-order valence-corrected chi connectivity index (χ2v) is 6.54. The van der Waals surface area contributed by atoms with Crippen LogP contribution in [0, 0.1) is 6.92 Å². The minimum atomic E-state index is -0.203. The number of nitrogens with one attached hydrogen (secondary N) is 2. The van der Waals surface area contributed by atoms with Crippen LogP contribution >= 0.6 is 0 Å². The summed E-state index contributed by atoms with van der Waals surface area (Å²) in [5, 5.41) is 6.13. The van der Waals surface area contributed by atoms with Gasteiger partial charge in [-0.05, 0) is 62.8 Å². The molecule has 0 saturated carbocycles. The molecule has 2 aromatic rings. The summed E-state index contributed by atoms with van der Waals surface area (Å²) in [6.45, 7) is 3.10. The monoisotopic (exact) mass is 351 g/mol. The second-order valence-electron chi connectivity index (χ2n) is 6.54. The molecule has 0 aromatic carbocycles. The SMILES string of the molecule is Cc1cc(C(=O)NCc2ccncc2)nc(NCCC2=CCCCC2)n1. The summed E-state index contributed by atoms with van der Waals surface area (Å²) in [6, 6.07) is 5.45. The third kappa shape index (κ3) is 5.37. The zero-order valence-electron chi connectivity index (χ0n) is 15.2. The average molecular weight is 351 g/mol. The number of pyridine rings is 1. The van der Waals surface area contributed by atoms with Crippen LogP contribution < -0.4 is 10.6 Å². The summed E-state index contributed by atoms with van der Waals surface area (Å²) in [4.78, 5) is 25.1. The number of allylic oxidation sites excluding steroid dienone is 1. The van der Waals surface area contributed by atoms with E-state index in [0.717, 1.165) is 24.2 Å². The maximum absolute atomic E-state index is 12.4. The molecular formula is C20H25N5O. The Morgan fingerprint density at radius 2 is 2.04 bits per heavy atom. The van der Waals surface area contributed by atoms with Gasteiger partial charge in [0.25, 0.3) is 5.91 Å². The van der Waals surface area contributed by atoms with Crippen molar-refractivity contribution in [2.24, 2.45) is 0 Å². The first kappa shape index (κ1) is 18.0. The first-order chi connectivity index (χ1) is 12.7. The van der Waals surface area contributed by atoms with E-state index in [1.54, 1.807) is 18.5 Å². The topological polar surface area (TPSA) is 79.8 Å². The highest BCUT2D eigenvalue weighted by Crippen LogP contribution is 2.19. The van der Waals surface area contributed by atoms with Crippen LogP contribution in [0.2, 0.25) is 0 Å². The number of anilines is 1. The average Bonchev–Trinajstić information content (AvgIpc) is 2.67. The van der Waals surface area contributed by atoms with E-state index in [0.29, 0.717) is 18.2 Å². The van der Waals surface area contributed by atoms with Crippen LogP contribution in [0.5, 0.6) is 0 Å². The van der Waals surface area contributed by atoms with Crippen LogP contribution in [0.15, 0.2) is 42.2 Å². The predicted octanol–water partition coefficient (Wildman–Crippen LogP) is 3.41. The minimum Gasteiger partial charge on any atom is -0.354 e. The number of aryl methyl sites for hydroxylation is 1. The summed E-state index contributed by atoms with van der Waals surface area (Å²) in [6.07, 6.45) is 11.7. The maximum Gasteiger partial charge on any atom is 0.270 e. The van der Waals surface area contributed by atoms with Crippen molar-refractivity contribution in [1.29, 1.82) is 0 Å². The van der Waals surface area contributed by atoms with E-state index in [9.17, 15) is 4.79 Å². The van der Waals surface area contributed by atoms with Gasteiger partial charge in [-0.1, -0.05) is 11.6 Å². The number of aromatic nitrogens is 3. The van der Waals surface area contributed by atoms with Crippen molar-refractivity contribution in [2.75, 3.05) is 11.9 Å². The summed E-state index contributed by atoms with van der Waals surface area (Å²) < 4.78 is 0. The Labute approximate surface area is 154 Å². The number of nitrogens with zero attached hydrogens (tertiary/aromatic N) is 3. The molecule has 6 heteroatoms. The molecule has 0 aliphatic heterocycles. The molecule has 6 nitrogen and oxygen atoms in total. The Morgan fingerprint density at radius 3 is 2.81 bits per heavy atom. The Balaban J connectivity index is 1.56. The van der Waals surface area contributed by atoms with Crippen molar-refractivity contribution in [1.82, 2.24) is 20.3 Å². The summed E-state index contributed by atoms with van der Waals surface area (Å²) in [5.41, 5.74) is 3.66. The molecule has 136 valence electrons. The molecule has 0 spiro atoms. The highest BCUT2D eigenvalue weighted by atomic mass is 16.1. The maximum atomic E-state index is 12.4. The van der Waals surface area contributed by atoms with Gasteiger partial charge in [-0.3, -0.25) is 9.78 Å². The van der Waals surface area contributed by atoms with Gasteiger partial charge in [0.1, 0.15) is 5.69 Å². The highest BCUT2D eigenvalue weighted by Gasteiger charge is 2.11. The molecule has 0 fully saturated rings. The molecule has 0 saturated heterocycles. The minimum absolute atomic E-state index is 0.203. The number of hydrogen-bond acceptors (Lipinski definition) is 5. The molecule has 26 heavy (non-hydrogen) atoms. The van der Waals surface area contributed by atoms with Gasteiger partial charge in [-0.25, -0.2) is 9.97 Å². The van der Waals surface area contributed by atoms with Crippen molar-refractivity contribution in [3.05, 3.63) is 59.2 Å². The third-order valence-corrected chi connectivity index (χ3v) is 4.40. The van der Waals surface area contributed by atoms with E-state index in [1.807, 2.05) is 19.1 Å². The summed E-state index contributed by atoms with van der Waals surface area (Å²) in [5.74, 6) is 0.306. The largest absolute Gasteiger partial charge is 0.354 e. The fraction of sp³-hybridized carbons (Fsp3) is 0.400. The van der Waals surface area contributed by atoms with Gasteiger partial charge < -0.3 is 10.6 Å². The van der Waals surface area contributed by atoms with Crippen molar-refractivity contribution in [3.63, 3.8) is 0 Å². The van der Waals surface area contributed by atoms with Crippen LogP contribution in [0.25, 0.3) is 0 Å². The van der Waals surface area contributed by atoms with E-state index in [-0.39, 0.29) is 5.91 Å². The van der Waals surface area contributed by atoms with Gasteiger partial charge in [0.05, 0.1) is 0 Å². The highest BCUT2D eigenvalue weighted by molar-refractivity contribution is 5.92. The lowest BCUT2D eigenvalue weighted by Gasteiger charge is -2.13. The van der Waals surface area contributed by atoms with Gasteiger partial charge in [0, 0.05) is 31.2 Å². The molecule has 0 bridgehead atoms. The molecule has 1 aliphatic rings. The van der Waals surface area contributed by atoms with E-state index in [4.69, 9.17) is 0 Å². The first-order valence-corrected chi connectivity index (χ1v) is 9.15. The van der Waals surface area contributed by atoms with E-state index in [1.165, 1.54) is 31.3 Å². The second kappa shape index (κ2) is 9.08. The normalized spacial score (nSPS) is 13.8. The standard InChI is InChI=1S/C20H25N5O/c1-15-13-18(19(26)23-14-17-7-10-21-11-8-17)25-20(24-15)22-12-9-16-5-3-2-4-6-16/h5,7-8,10-11,13H,2-4,6,9,12,14H2,1H3,(H,23,26)(H,22,24,25). The molecule has 2 aromatic heterocycles. The predicted molar refractivity (Wildman–Crippen MR) is 102 cm³/mol. The Hall–Kier alpha value is -2.76. The zero-order valence-corrected chi connectivity index (χ0v) is 15.2. The van der Waals surface area contributed by atoms with Gasteiger partial charge in [0.2, 0.25) is 5.95 Å². The molecular weight excluding hydrogens is 326 g/mol. The number of carbonyl (C=O) groups excluding carboxylic acids is 1. The fourth-order valence-corrected chi connectivity index (χ4v) is 3.00. The molecule has 0 atom stereocenters. The van der Waals surface area contributed by atoms with Crippen molar-refractivity contribution in [2.45, 2.75) is 45.6 Å². The molecule has 1 aliphatic carbocycles. The van der Waals surface area contributed by atoms with E-state index in [2.05, 4.69) is 31.7 Å². The lowest BCUT2D eigenvalue weighted by Crippen LogP contribution is -2.24. The molecule has 3 rings (SSSR count). The van der Waals surface area contributed by atoms with Crippen molar-refractivity contribution < 1.29 is 4.79 Å². The number of hydrogen-bond donors (Lipinski definition) is 2. The number of amides is 1. The lowest BCUT2D eigenvalue weighted by molar-refractivity contribution is 0.0945. The van der Waals surface area contributed by atoms with Crippen LogP contribution in [0.1, 0.15) is 53.8 Å². The van der Waals surface area contributed by atoms with Crippen LogP contribution in [0.3, 0.4) is 0 Å². The van der Waals surface area contributed by atoms with Crippen molar-refractivity contribution in [3.8, 4) is 0 Å². The lowest BCUT2D eigenvalue weighted by atomic mass is 9.97. The first-order valence-electron chi connectivity index (χ1n) is 9.15. The molecule has 2 heterocycles. The Morgan fingerprint density at radius 1 is 1.19 bits per heavy atom. The van der Waals surface area contributed by atoms with Gasteiger partial charge in [0.15, 0.2) is 0 Å². The summed E-state index contributed by atoms with van der Waals surface area (Å²) >= 11 is 0. The van der Waals surface area contributed by atoms with E-state index < -0.39 is 0 Å².